The van der Waals surface area contributed by atoms with E-state index in [1.54, 1.807) is 23.6 Å². The van der Waals surface area contributed by atoms with Crippen molar-refractivity contribution in [2.24, 2.45) is 0 Å². The minimum atomic E-state index is -3.64. The van der Waals surface area contributed by atoms with Crippen LogP contribution in [0.4, 0.5) is 0 Å². The number of hydrogen-bond donors (Lipinski definition) is 1. The lowest BCUT2D eigenvalue weighted by atomic mass is 10.0. The summed E-state index contributed by atoms with van der Waals surface area (Å²) in [5.41, 5.74) is 0. The summed E-state index contributed by atoms with van der Waals surface area (Å²) >= 11 is 1.20. The summed E-state index contributed by atoms with van der Waals surface area (Å²) in [6, 6.07) is 6.16. The molecular formula is C16H21N3O4S3. The molecule has 1 saturated heterocycles. The van der Waals surface area contributed by atoms with Gasteiger partial charge in [0.2, 0.25) is 10.0 Å². The van der Waals surface area contributed by atoms with Crippen molar-refractivity contribution in [2.75, 3.05) is 13.1 Å². The van der Waals surface area contributed by atoms with Crippen LogP contribution >= 0.6 is 11.3 Å². The van der Waals surface area contributed by atoms with Crippen molar-refractivity contribution < 1.29 is 16.8 Å². The highest BCUT2D eigenvalue weighted by atomic mass is 32.2. The van der Waals surface area contributed by atoms with Crippen molar-refractivity contribution >= 4 is 31.4 Å². The second-order valence-electron chi connectivity index (χ2n) is 6.07. The Kier molecular flexibility index (Phi) is 6.08. The number of sulfonamides is 2. The zero-order valence-electron chi connectivity index (χ0n) is 14.1. The monoisotopic (exact) mass is 415 g/mol. The molecule has 1 fully saturated rings. The van der Waals surface area contributed by atoms with Crippen LogP contribution in [0.25, 0.3) is 0 Å². The number of piperidine rings is 1. The molecule has 0 radical (unpaired) electrons. The molecule has 0 bridgehead atoms. The third-order valence-corrected chi connectivity index (χ3v) is 9.12. The smallest absolute Gasteiger partial charge is 0.252 e. The van der Waals surface area contributed by atoms with Gasteiger partial charge in [0.05, 0.1) is 0 Å². The van der Waals surface area contributed by atoms with Crippen LogP contribution in [0.2, 0.25) is 0 Å². The van der Waals surface area contributed by atoms with Gasteiger partial charge < -0.3 is 0 Å². The molecule has 1 N–H and O–H groups in total. The van der Waals surface area contributed by atoms with Crippen molar-refractivity contribution in [2.45, 2.75) is 40.8 Å². The van der Waals surface area contributed by atoms with Crippen molar-refractivity contribution in [3.8, 4) is 0 Å². The van der Waals surface area contributed by atoms with Gasteiger partial charge in [-0.3, -0.25) is 4.98 Å². The molecule has 1 unspecified atom stereocenters. The van der Waals surface area contributed by atoms with E-state index < -0.39 is 20.0 Å². The minimum absolute atomic E-state index is 0.103. The largest absolute Gasteiger partial charge is 0.263 e. The Hall–Kier alpha value is -1.33. The van der Waals surface area contributed by atoms with Crippen molar-refractivity contribution in [3.63, 3.8) is 0 Å². The molecule has 26 heavy (non-hydrogen) atoms. The molecule has 142 valence electrons. The van der Waals surface area contributed by atoms with Gasteiger partial charge in [-0.25, -0.2) is 21.6 Å². The van der Waals surface area contributed by atoms with Gasteiger partial charge >= 0.3 is 0 Å². The first kappa shape index (κ1) is 19.4. The summed E-state index contributed by atoms with van der Waals surface area (Å²) < 4.78 is 54.6. The molecule has 0 spiro atoms. The molecule has 0 aromatic carbocycles. The van der Waals surface area contributed by atoms with E-state index in [1.807, 2.05) is 0 Å². The van der Waals surface area contributed by atoms with E-state index in [4.69, 9.17) is 0 Å². The van der Waals surface area contributed by atoms with Crippen molar-refractivity contribution in [3.05, 3.63) is 42.0 Å². The van der Waals surface area contributed by atoms with Gasteiger partial charge in [0.1, 0.15) is 9.10 Å². The van der Waals surface area contributed by atoms with E-state index in [2.05, 4.69) is 9.71 Å². The second kappa shape index (κ2) is 8.13. The van der Waals surface area contributed by atoms with Crippen LogP contribution in [0.1, 0.15) is 25.7 Å². The number of nitrogens with one attached hydrogen (secondary N) is 1. The van der Waals surface area contributed by atoms with E-state index in [1.165, 1.54) is 34.1 Å². The molecular weight excluding hydrogens is 394 g/mol. The van der Waals surface area contributed by atoms with Gasteiger partial charge in [-0.15, -0.1) is 11.3 Å². The predicted octanol–water partition coefficient (Wildman–Crippen LogP) is 2.05. The number of hydrogen-bond acceptors (Lipinski definition) is 6. The quantitative estimate of drug-likeness (QED) is 0.747. The average Bonchev–Trinajstić information content (AvgIpc) is 3.18. The van der Waals surface area contributed by atoms with Gasteiger partial charge in [0, 0.05) is 31.5 Å². The predicted molar refractivity (Wildman–Crippen MR) is 99.9 cm³/mol. The number of thiophene rings is 1. The van der Waals surface area contributed by atoms with Crippen LogP contribution in [0.5, 0.6) is 0 Å². The molecule has 1 atom stereocenters. The maximum absolute atomic E-state index is 12.8. The molecule has 1 aliphatic heterocycles. The van der Waals surface area contributed by atoms with E-state index in [-0.39, 0.29) is 17.5 Å². The highest BCUT2D eigenvalue weighted by Gasteiger charge is 2.33. The first-order valence-corrected chi connectivity index (χ1v) is 12.2. The summed E-state index contributed by atoms with van der Waals surface area (Å²) in [7, 11) is -7.16. The van der Waals surface area contributed by atoms with Crippen molar-refractivity contribution in [1.82, 2.24) is 14.0 Å². The van der Waals surface area contributed by atoms with Gasteiger partial charge in [0.15, 0.2) is 0 Å². The van der Waals surface area contributed by atoms with Crippen LogP contribution in [0.15, 0.2) is 51.1 Å². The number of pyridine rings is 1. The second-order valence-corrected chi connectivity index (χ2v) is 10.9. The maximum Gasteiger partial charge on any atom is 0.252 e. The van der Waals surface area contributed by atoms with E-state index in [9.17, 15) is 16.8 Å². The molecule has 0 saturated carbocycles. The normalized spacial score (nSPS) is 19.5. The highest BCUT2D eigenvalue weighted by molar-refractivity contribution is 7.91. The fourth-order valence-electron chi connectivity index (χ4n) is 3.05. The topological polar surface area (TPSA) is 96.4 Å². The van der Waals surface area contributed by atoms with Gasteiger partial charge in [-0.1, -0.05) is 12.5 Å². The van der Waals surface area contributed by atoms with Gasteiger partial charge in [-0.05, 0) is 42.8 Å². The third kappa shape index (κ3) is 4.32. The van der Waals surface area contributed by atoms with Crippen LogP contribution in [0, 0.1) is 0 Å². The maximum atomic E-state index is 12.8. The molecule has 2 aromatic heterocycles. The molecule has 7 nitrogen and oxygen atoms in total. The lowest BCUT2D eigenvalue weighted by Gasteiger charge is -2.34. The standard InChI is InChI=1S/C16H21N3O4S3/c20-25(21,15-6-3-9-17-13-15)18-10-8-14-5-1-2-11-19(14)26(22,23)16-7-4-12-24-16/h3-4,6-7,9,12-14,18H,1-2,5,8,10-11H2. The summed E-state index contributed by atoms with van der Waals surface area (Å²) in [4.78, 5) is 3.92. The van der Waals surface area contributed by atoms with E-state index >= 15 is 0 Å². The molecule has 3 rings (SSSR count). The molecule has 0 aliphatic carbocycles. The van der Waals surface area contributed by atoms with Crippen LogP contribution in [-0.4, -0.2) is 45.3 Å². The molecule has 10 heteroatoms. The minimum Gasteiger partial charge on any atom is -0.263 e. The van der Waals surface area contributed by atoms with Gasteiger partial charge in [0.25, 0.3) is 10.0 Å². The number of nitrogens with zero attached hydrogens (tertiary/aromatic N) is 2. The zero-order valence-corrected chi connectivity index (χ0v) is 16.6. The van der Waals surface area contributed by atoms with Crippen LogP contribution in [0.3, 0.4) is 0 Å². The fraction of sp³-hybridized carbons (Fsp3) is 0.438. The Morgan fingerprint density at radius 2 is 2.04 bits per heavy atom. The van der Waals surface area contributed by atoms with Gasteiger partial charge in [-0.2, -0.15) is 4.31 Å². The number of aromatic nitrogens is 1. The summed E-state index contributed by atoms with van der Waals surface area (Å²) in [5.74, 6) is 0. The van der Waals surface area contributed by atoms with E-state index in [0.29, 0.717) is 17.2 Å². The Bertz CT molecular complexity index is 913. The SMILES string of the molecule is O=S(=O)(NCCC1CCCCN1S(=O)(=O)c1cccs1)c1cccnc1. The molecule has 2 aromatic rings. The Labute approximate surface area is 158 Å². The van der Waals surface area contributed by atoms with Crippen molar-refractivity contribution in [1.29, 1.82) is 0 Å². The Balaban J connectivity index is 1.66. The molecule has 0 amide bonds. The lowest BCUT2D eigenvalue weighted by molar-refractivity contribution is 0.242. The first-order chi connectivity index (χ1) is 12.4. The summed E-state index contributed by atoms with van der Waals surface area (Å²) in [6.07, 6.45) is 5.73. The fourth-order valence-corrected chi connectivity index (χ4v) is 6.91. The average molecular weight is 416 g/mol. The summed E-state index contributed by atoms with van der Waals surface area (Å²) in [5, 5.41) is 1.74. The van der Waals surface area contributed by atoms with E-state index in [0.717, 1.165) is 19.3 Å². The van der Waals surface area contributed by atoms with Crippen LogP contribution < -0.4 is 4.72 Å². The Morgan fingerprint density at radius 3 is 2.73 bits per heavy atom. The third-order valence-electron chi connectivity index (χ3n) is 4.35. The summed E-state index contributed by atoms with van der Waals surface area (Å²) in [6.45, 7) is 0.651. The number of rotatable bonds is 7. The molecule has 3 heterocycles. The first-order valence-electron chi connectivity index (χ1n) is 8.36. The lowest BCUT2D eigenvalue weighted by Crippen LogP contribution is -2.44. The van der Waals surface area contributed by atoms with Crippen LogP contribution in [-0.2, 0) is 20.0 Å². The zero-order chi connectivity index (χ0) is 18.6. The highest BCUT2D eigenvalue weighted by Crippen LogP contribution is 2.29. The molecule has 1 aliphatic rings. The Morgan fingerprint density at radius 1 is 1.19 bits per heavy atom.